The van der Waals surface area contributed by atoms with Crippen LogP contribution >= 0.6 is 15.9 Å². The van der Waals surface area contributed by atoms with Gasteiger partial charge in [0.25, 0.3) is 0 Å². The van der Waals surface area contributed by atoms with Crippen molar-refractivity contribution in [2.45, 2.75) is 6.92 Å². The molecule has 0 aliphatic carbocycles. The number of benzene rings is 1. The summed E-state index contributed by atoms with van der Waals surface area (Å²) in [5, 5.41) is 0. The van der Waals surface area contributed by atoms with E-state index in [1.807, 2.05) is 0 Å². The van der Waals surface area contributed by atoms with Crippen LogP contribution < -0.4 is 4.74 Å². The van der Waals surface area contributed by atoms with Crippen LogP contribution in [0, 0.1) is 5.82 Å². The van der Waals surface area contributed by atoms with E-state index in [4.69, 9.17) is 4.74 Å². The fraction of sp³-hybridized carbons (Fsp3) is 0.222. The van der Waals surface area contributed by atoms with Crippen LogP contribution in [0.2, 0.25) is 0 Å². The Bertz CT molecular complexity index is 326. The predicted molar refractivity (Wildman–Crippen MR) is 50.7 cm³/mol. The van der Waals surface area contributed by atoms with Crippen LogP contribution in [0.15, 0.2) is 16.6 Å². The summed E-state index contributed by atoms with van der Waals surface area (Å²) in [6, 6.07) is 2.79. The summed E-state index contributed by atoms with van der Waals surface area (Å²) in [4.78, 5) is 10.5. The molecule has 0 bridgehead atoms. The summed E-state index contributed by atoms with van der Waals surface area (Å²) >= 11 is 3.11. The SMILES string of the molecule is CCOc1cc(Br)cc(F)c1C=O. The maximum atomic E-state index is 13.1. The monoisotopic (exact) mass is 246 g/mol. The Morgan fingerprint density at radius 1 is 1.62 bits per heavy atom. The van der Waals surface area contributed by atoms with Crippen molar-refractivity contribution in [3.8, 4) is 5.75 Å². The van der Waals surface area contributed by atoms with Gasteiger partial charge in [-0.25, -0.2) is 4.39 Å². The lowest BCUT2D eigenvalue weighted by Gasteiger charge is -2.06. The fourth-order valence-corrected chi connectivity index (χ4v) is 1.36. The lowest BCUT2D eigenvalue weighted by Crippen LogP contribution is -1.98. The van der Waals surface area contributed by atoms with Crippen molar-refractivity contribution in [2.75, 3.05) is 6.61 Å². The summed E-state index contributed by atoms with van der Waals surface area (Å²) in [5.74, 6) is -0.308. The number of rotatable bonds is 3. The van der Waals surface area contributed by atoms with E-state index in [9.17, 15) is 9.18 Å². The Kier molecular flexibility index (Phi) is 3.42. The number of aldehydes is 1. The molecule has 0 heterocycles. The zero-order valence-electron chi connectivity index (χ0n) is 7.01. The van der Waals surface area contributed by atoms with E-state index < -0.39 is 5.82 Å². The molecule has 70 valence electrons. The number of hydrogen-bond acceptors (Lipinski definition) is 2. The standard InChI is InChI=1S/C9H8BrFO2/c1-2-13-9-4-6(10)3-8(11)7(9)5-12/h3-5H,2H2,1H3. The van der Waals surface area contributed by atoms with E-state index in [1.54, 1.807) is 13.0 Å². The molecule has 0 saturated carbocycles. The smallest absolute Gasteiger partial charge is 0.156 e. The minimum atomic E-state index is -0.576. The Labute approximate surface area is 83.8 Å². The number of hydrogen-bond donors (Lipinski definition) is 0. The predicted octanol–water partition coefficient (Wildman–Crippen LogP) is 2.80. The molecule has 0 aliphatic heterocycles. The lowest BCUT2D eigenvalue weighted by atomic mass is 10.2. The molecule has 4 heteroatoms. The first-order chi connectivity index (χ1) is 6.19. The molecule has 0 aromatic heterocycles. The van der Waals surface area contributed by atoms with Crippen molar-refractivity contribution < 1.29 is 13.9 Å². The van der Waals surface area contributed by atoms with E-state index in [-0.39, 0.29) is 11.3 Å². The molecule has 1 aromatic carbocycles. The number of carbonyl (C=O) groups excluding carboxylic acids is 1. The molecule has 13 heavy (non-hydrogen) atoms. The van der Waals surface area contributed by atoms with Crippen LogP contribution in [-0.2, 0) is 0 Å². The lowest BCUT2D eigenvalue weighted by molar-refractivity contribution is 0.111. The zero-order chi connectivity index (χ0) is 9.84. The quantitative estimate of drug-likeness (QED) is 0.767. The van der Waals surface area contributed by atoms with Crippen molar-refractivity contribution in [1.82, 2.24) is 0 Å². The highest BCUT2D eigenvalue weighted by atomic mass is 79.9. The van der Waals surface area contributed by atoms with Gasteiger partial charge in [0.1, 0.15) is 11.6 Å². The summed E-state index contributed by atoms with van der Waals surface area (Å²) in [5.41, 5.74) is -0.0370. The van der Waals surface area contributed by atoms with E-state index in [0.717, 1.165) is 0 Å². The fourth-order valence-electron chi connectivity index (χ4n) is 0.950. The van der Waals surface area contributed by atoms with Crippen LogP contribution in [0.1, 0.15) is 17.3 Å². The first-order valence-corrected chi connectivity index (χ1v) is 4.55. The first-order valence-electron chi connectivity index (χ1n) is 3.76. The zero-order valence-corrected chi connectivity index (χ0v) is 8.60. The second-order valence-corrected chi connectivity index (χ2v) is 3.27. The van der Waals surface area contributed by atoms with Crippen molar-refractivity contribution in [1.29, 1.82) is 0 Å². The molecule has 0 atom stereocenters. The molecule has 1 rings (SSSR count). The van der Waals surface area contributed by atoms with Crippen LogP contribution in [0.5, 0.6) is 5.75 Å². The maximum absolute atomic E-state index is 13.1. The molecular weight excluding hydrogens is 239 g/mol. The van der Waals surface area contributed by atoms with E-state index >= 15 is 0 Å². The maximum Gasteiger partial charge on any atom is 0.156 e. The molecule has 2 nitrogen and oxygen atoms in total. The normalized spacial score (nSPS) is 9.77. The van der Waals surface area contributed by atoms with E-state index in [2.05, 4.69) is 15.9 Å². The van der Waals surface area contributed by atoms with Gasteiger partial charge < -0.3 is 4.74 Å². The number of halogens is 2. The molecule has 0 saturated heterocycles. The Hall–Kier alpha value is -0.900. The van der Waals surface area contributed by atoms with Gasteiger partial charge in [0.05, 0.1) is 12.2 Å². The highest BCUT2D eigenvalue weighted by Gasteiger charge is 2.09. The Morgan fingerprint density at radius 3 is 2.85 bits per heavy atom. The minimum absolute atomic E-state index is 0.0370. The second kappa shape index (κ2) is 4.37. The number of ether oxygens (including phenoxy) is 1. The number of carbonyl (C=O) groups is 1. The van der Waals surface area contributed by atoms with Crippen LogP contribution in [0.3, 0.4) is 0 Å². The average molecular weight is 247 g/mol. The first kappa shape index (κ1) is 10.2. The van der Waals surface area contributed by atoms with Gasteiger partial charge in [-0.05, 0) is 19.1 Å². The second-order valence-electron chi connectivity index (χ2n) is 2.35. The van der Waals surface area contributed by atoms with Gasteiger partial charge in [0.15, 0.2) is 6.29 Å². The molecule has 1 aromatic rings. The summed E-state index contributed by atoms with van der Waals surface area (Å²) in [7, 11) is 0. The van der Waals surface area contributed by atoms with E-state index in [1.165, 1.54) is 6.07 Å². The summed E-state index contributed by atoms with van der Waals surface area (Å²) in [6.07, 6.45) is 0.451. The molecule has 0 radical (unpaired) electrons. The van der Waals surface area contributed by atoms with Gasteiger partial charge in [-0.3, -0.25) is 4.79 Å². The summed E-state index contributed by atoms with van der Waals surface area (Å²) < 4.78 is 18.7. The van der Waals surface area contributed by atoms with Gasteiger partial charge in [0.2, 0.25) is 0 Å². The van der Waals surface area contributed by atoms with Gasteiger partial charge in [-0.15, -0.1) is 0 Å². The van der Waals surface area contributed by atoms with Gasteiger partial charge >= 0.3 is 0 Å². The molecule has 0 unspecified atom stereocenters. The highest BCUT2D eigenvalue weighted by molar-refractivity contribution is 9.10. The molecule has 0 N–H and O–H groups in total. The highest BCUT2D eigenvalue weighted by Crippen LogP contribution is 2.25. The third-order valence-electron chi connectivity index (χ3n) is 1.47. The van der Waals surface area contributed by atoms with Gasteiger partial charge in [-0.2, -0.15) is 0 Å². The van der Waals surface area contributed by atoms with Crippen molar-refractivity contribution in [3.63, 3.8) is 0 Å². The summed E-state index contributed by atoms with van der Waals surface area (Å²) in [6.45, 7) is 2.17. The third kappa shape index (κ3) is 2.28. The Morgan fingerprint density at radius 2 is 2.31 bits per heavy atom. The molecule has 0 fully saturated rings. The van der Waals surface area contributed by atoms with Crippen molar-refractivity contribution >= 4 is 22.2 Å². The average Bonchev–Trinajstić information content (AvgIpc) is 2.04. The van der Waals surface area contributed by atoms with Gasteiger partial charge in [-0.1, -0.05) is 15.9 Å². The van der Waals surface area contributed by atoms with Crippen LogP contribution in [0.4, 0.5) is 4.39 Å². The van der Waals surface area contributed by atoms with Crippen molar-refractivity contribution in [3.05, 3.63) is 28.0 Å². The van der Waals surface area contributed by atoms with Crippen LogP contribution in [0.25, 0.3) is 0 Å². The van der Waals surface area contributed by atoms with Crippen molar-refractivity contribution in [2.24, 2.45) is 0 Å². The van der Waals surface area contributed by atoms with Gasteiger partial charge in [0, 0.05) is 4.47 Å². The van der Waals surface area contributed by atoms with E-state index in [0.29, 0.717) is 17.4 Å². The topological polar surface area (TPSA) is 26.3 Å². The molecule has 0 aliphatic rings. The largest absolute Gasteiger partial charge is 0.493 e. The molecule has 0 spiro atoms. The Balaban J connectivity index is 3.20. The van der Waals surface area contributed by atoms with Crippen LogP contribution in [-0.4, -0.2) is 12.9 Å². The molecule has 0 amide bonds. The minimum Gasteiger partial charge on any atom is -0.493 e. The third-order valence-corrected chi connectivity index (χ3v) is 1.93. The molecular formula is C9H8BrFO2.